The zero-order valence-electron chi connectivity index (χ0n) is 12.2. The number of rotatable bonds is 6. The van der Waals surface area contributed by atoms with E-state index in [1.807, 2.05) is 32.0 Å². The van der Waals surface area contributed by atoms with Crippen molar-refractivity contribution in [1.29, 1.82) is 0 Å². The molecule has 3 N–H and O–H groups in total. The molecule has 0 aliphatic rings. The minimum absolute atomic E-state index is 0.157. The standard InChI is InChI=1S/C15H24N2O2/c1-5-11(3)19-14-8-10(2)6-7-13(14)9-17-15(18)12(4)16/h6-8,11-12H,5,9,16H2,1-4H3,(H,17,18)/t11?,12-/m1/s1. The Morgan fingerprint density at radius 3 is 2.68 bits per heavy atom. The predicted molar refractivity (Wildman–Crippen MR) is 77.1 cm³/mol. The number of nitrogens with one attached hydrogen (secondary N) is 1. The second-order valence-corrected chi connectivity index (χ2v) is 4.95. The lowest BCUT2D eigenvalue weighted by Crippen LogP contribution is -2.37. The first-order valence-corrected chi connectivity index (χ1v) is 6.73. The SMILES string of the molecule is CCC(C)Oc1cc(C)ccc1CNC(=O)[C@@H](C)N. The Bertz CT molecular complexity index is 430. The van der Waals surface area contributed by atoms with E-state index in [9.17, 15) is 4.79 Å². The second kappa shape index (κ2) is 7.14. The van der Waals surface area contributed by atoms with Gasteiger partial charge in [0.25, 0.3) is 0 Å². The van der Waals surface area contributed by atoms with Gasteiger partial charge in [-0.25, -0.2) is 0 Å². The first-order chi connectivity index (χ1) is 8.93. The Morgan fingerprint density at radius 2 is 2.11 bits per heavy atom. The zero-order chi connectivity index (χ0) is 14.4. The van der Waals surface area contributed by atoms with Gasteiger partial charge in [-0.2, -0.15) is 0 Å². The number of amides is 1. The van der Waals surface area contributed by atoms with Crippen LogP contribution in [0.4, 0.5) is 0 Å². The largest absolute Gasteiger partial charge is 0.490 e. The third-order valence-electron chi connectivity index (χ3n) is 2.99. The van der Waals surface area contributed by atoms with Crippen LogP contribution in [0.5, 0.6) is 5.75 Å². The summed E-state index contributed by atoms with van der Waals surface area (Å²) in [4.78, 5) is 11.5. The highest BCUT2D eigenvalue weighted by Crippen LogP contribution is 2.22. The van der Waals surface area contributed by atoms with Gasteiger partial charge in [0.1, 0.15) is 5.75 Å². The van der Waals surface area contributed by atoms with Gasteiger partial charge in [-0.15, -0.1) is 0 Å². The summed E-state index contributed by atoms with van der Waals surface area (Å²) in [5.41, 5.74) is 7.63. The molecule has 0 aromatic heterocycles. The lowest BCUT2D eigenvalue weighted by atomic mass is 10.1. The maximum Gasteiger partial charge on any atom is 0.236 e. The van der Waals surface area contributed by atoms with Gasteiger partial charge in [-0.1, -0.05) is 19.1 Å². The molecule has 0 aliphatic heterocycles. The van der Waals surface area contributed by atoms with Crippen molar-refractivity contribution in [3.63, 3.8) is 0 Å². The molecule has 0 fully saturated rings. The number of ether oxygens (including phenoxy) is 1. The van der Waals surface area contributed by atoms with Gasteiger partial charge in [0.15, 0.2) is 0 Å². The molecule has 0 radical (unpaired) electrons. The molecule has 0 aliphatic carbocycles. The highest BCUT2D eigenvalue weighted by Gasteiger charge is 2.11. The molecule has 2 atom stereocenters. The molecule has 0 heterocycles. The van der Waals surface area contributed by atoms with Crippen LogP contribution in [-0.2, 0) is 11.3 Å². The Kier molecular flexibility index (Phi) is 5.83. The predicted octanol–water partition coefficient (Wildman–Crippen LogP) is 2.14. The smallest absolute Gasteiger partial charge is 0.236 e. The molecule has 1 unspecified atom stereocenters. The maximum absolute atomic E-state index is 11.5. The molecule has 4 heteroatoms. The van der Waals surface area contributed by atoms with Crippen molar-refractivity contribution >= 4 is 5.91 Å². The van der Waals surface area contributed by atoms with E-state index in [0.717, 1.165) is 23.3 Å². The maximum atomic E-state index is 11.5. The molecule has 1 amide bonds. The van der Waals surface area contributed by atoms with E-state index in [1.165, 1.54) is 0 Å². The van der Waals surface area contributed by atoms with Crippen molar-refractivity contribution in [2.24, 2.45) is 5.73 Å². The van der Waals surface area contributed by atoms with Gasteiger partial charge >= 0.3 is 0 Å². The van der Waals surface area contributed by atoms with Crippen LogP contribution < -0.4 is 15.8 Å². The number of hydrogen-bond donors (Lipinski definition) is 2. The van der Waals surface area contributed by atoms with Crippen LogP contribution in [-0.4, -0.2) is 18.1 Å². The Labute approximate surface area is 115 Å². The van der Waals surface area contributed by atoms with Crippen molar-refractivity contribution in [3.05, 3.63) is 29.3 Å². The minimum Gasteiger partial charge on any atom is -0.490 e. The van der Waals surface area contributed by atoms with Gasteiger partial charge in [0, 0.05) is 12.1 Å². The molecular formula is C15H24N2O2. The summed E-state index contributed by atoms with van der Waals surface area (Å²) in [7, 11) is 0. The molecular weight excluding hydrogens is 240 g/mol. The van der Waals surface area contributed by atoms with E-state index in [4.69, 9.17) is 10.5 Å². The minimum atomic E-state index is -0.496. The summed E-state index contributed by atoms with van der Waals surface area (Å²) >= 11 is 0. The molecule has 1 rings (SSSR count). The Hall–Kier alpha value is -1.55. The second-order valence-electron chi connectivity index (χ2n) is 4.95. The lowest BCUT2D eigenvalue weighted by Gasteiger charge is -2.17. The molecule has 1 aromatic rings. The Morgan fingerprint density at radius 1 is 1.42 bits per heavy atom. The third-order valence-corrected chi connectivity index (χ3v) is 2.99. The van der Waals surface area contributed by atoms with Gasteiger partial charge in [0.05, 0.1) is 12.1 Å². The number of carbonyl (C=O) groups is 1. The van der Waals surface area contributed by atoms with E-state index in [2.05, 4.69) is 12.2 Å². The summed E-state index contributed by atoms with van der Waals surface area (Å²) in [6.45, 7) is 8.24. The number of hydrogen-bond acceptors (Lipinski definition) is 3. The molecule has 4 nitrogen and oxygen atoms in total. The molecule has 19 heavy (non-hydrogen) atoms. The van der Waals surface area contributed by atoms with Gasteiger partial charge < -0.3 is 15.8 Å². The number of nitrogens with two attached hydrogens (primary N) is 1. The van der Waals surface area contributed by atoms with E-state index >= 15 is 0 Å². The number of benzene rings is 1. The molecule has 0 bridgehead atoms. The third kappa shape index (κ3) is 4.91. The van der Waals surface area contributed by atoms with E-state index in [1.54, 1.807) is 6.92 Å². The van der Waals surface area contributed by atoms with Crippen molar-refractivity contribution in [2.75, 3.05) is 0 Å². The van der Waals surface area contributed by atoms with Crippen molar-refractivity contribution in [3.8, 4) is 5.75 Å². The molecule has 106 valence electrons. The molecule has 0 spiro atoms. The topological polar surface area (TPSA) is 64.3 Å². The summed E-state index contributed by atoms with van der Waals surface area (Å²) < 4.78 is 5.89. The van der Waals surface area contributed by atoms with Crippen LogP contribution in [0.1, 0.15) is 38.3 Å². The fourth-order valence-electron chi connectivity index (χ4n) is 1.56. The van der Waals surface area contributed by atoms with Gasteiger partial charge in [-0.3, -0.25) is 4.79 Å². The zero-order valence-corrected chi connectivity index (χ0v) is 12.2. The van der Waals surface area contributed by atoms with E-state index < -0.39 is 6.04 Å². The van der Waals surface area contributed by atoms with Crippen molar-refractivity contribution in [1.82, 2.24) is 5.32 Å². The summed E-state index contributed by atoms with van der Waals surface area (Å²) in [5.74, 6) is 0.675. The fourth-order valence-corrected chi connectivity index (χ4v) is 1.56. The quantitative estimate of drug-likeness (QED) is 0.827. The Balaban J connectivity index is 2.78. The fraction of sp³-hybridized carbons (Fsp3) is 0.533. The number of carbonyl (C=O) groups excluding carboxylic acids is 1. The summed E-state index contributed by atoms with van der Waals surface area (Å²) in [5, 5.41) is 2.81. The van der Waals surface area contributed by atoms with Crippen LogP contribution in [0.2, 0.25) is 0 Å². The van der Waals surface area contributed by atoms with Crippen molar-refractivity contribution in [2.45, 2.75) is 52.8 Å². The molecule has 0 saturated heterocycles. The lowest BCUT2D eigenvalue weighted by molar-refractivity contribution is -0.122. The van der Waals surface area contributed by atoms with Crippen LogP contribution in [0, 0.1) is 6.92 Å². The monoisotopic (exact) mass is 264 g/mol. The molecule has 0 saturated carbocycles. The van der Waals surface area contributed by atoms with Crippen LogP contribution in [0.15, 0.2) is 18.2 Å². The average molecular weight is 264 g/mol. The molecule has 1 aromatic carbocycles. The van der Waals surface area contributed by atoms with Crippen LogP contribution in [0.3, 0.4) is 0 Å². The van der Waals surface area contributed by atoms with Crippen LogP contribution >= 0.6 is 0 Å². The van der Waals surface area contributed by atoms with Gasteiger partial charge in [0.2, 0.25) is 5.91 Å². The van der Waals surface area contributed by atoms with E-state index in [0.29, 0.717) is 6.54 Å². The highest BCUT2D eigenvalue weighted by atomic mass is 16.5. The highest BCUT2D eigenvalue weighted by molar-refractivity contribution is 5.80. The summed E-state index contributed by atoms with van der Waals surface area (Å²) in [6.07, 6.45) is 1.10. The average Bonchev–Trinajstić information content (AvgIpc) is 2.37. The van der Waals surface area contributed by atoms with Gasteiger partial charge in [-0.05, 0) is 38.8 Å². The first-order valence-electron chi connectivity index (χ1n) is 6.73. The first kappa shape index (κ1) is 15.5. The number of aryl methyl sites for hydroxylation is 1. The van der Waals surface area contributed by atoms with E-state index in [-0.39, 0.29) is 12.0 Å². The summed E-state index contributed by atoms with van der Waals surface area (Å²) in [6, 6.07) is 5.50. The van der Waals surface area contributed by atoms with Crippen LogP contribution in [0.25, 0.3) is 0 Å². The normalized spacial score (nSPS) is 13.7. The van der Waals surface area contributed by atoms with Crippen molar-refractivity contribution < 1.29 is 9.53 Å².